The molecular weight excluding hydrogens is 468 g/mol. The SMILES string of the molecule is C=C(O)CCCCCCCCCCCCCC/C=C\C/C=C\C[C@@H](O)/C=C/C=C/C=C\[C@@H](O)C/C=C\CC. The van der Waals surface area contributed by atoms with Crippen LogP contribution in [0, 0.1) is 0 Å². The minimum absolute atomic E-state index is 0.328. The van der Waals surface area contributed by atoms with Gasteiger partial charge < -0.3 is 15.3 Å². The zero-order chi connectivity index (χ0) is 27.9. The van der Waals surface area contributed by atoms with Gasteiger partial charge in [0.1, 0.15) is 0 Å². The van der Waals surface area contributed by atoms with E-state index in [1.165, 1.54) is 70.6 Å². The molecule has 3 heteroatoms. The first-order chi connectivity index (χ1) is 18.6. The average Bonchev–Trinajstić information content (AvgIpc) is 2.89. The van der Waals surface area contributed by atoms with E-state index in [2.05, 4.69) is 37.8 Å². The van der Waals surface area contributed by atoms with Gasteiger partial charge in [0.2, 0.25) is 0 Å². The fraction of sp³-hybridized carbons (Fsp3) is 0.600. The molecule has 0 aromatic rings. The third kappa shape index (κ3) is 30.1. The molecule has 0 amide bonds. The molecule has 0 saturated carbocycles. The molecule has 0 unspecified atom stereocenters. The quantitative estimate of drug-likeness (QED) is 0.0455. The highest BCUT2D eigenvalue weighted by atomic mass is 16.3. The van der Waals surface area contributed by atoms with Crippen LogP contribution >= 0.6 is 0 Å². The van der Waals surface area contributed by atoms with Crippen LogP contribution in [0.1, 0.15) is 122 Å². The smallest absolute Gasteiger partial charge is 0.0851 e. The molecule has 3 nitrogen and oxygen atoms in total. The number of aliphatic hydroxyl groups excluding tert-OH is 3. The van der Waals surface area contributed by atoms with E-state index in [0.717, 1.165) is 32.1 Å². The van der Waals surface area contributed by atoms with Crippen LogP contribution in [0.2, 0.25) is 0 Å². The van der Waals surface area contributed by atoms with E-state index in [9.17, 15) is 10.2 Å². The minimum Gasteiger partial charge on any atom is -0.513 e. The summed E-state index contributed by atoms with van der Waals surface area (Å²) < 4.78 is 0. The number of allylic oxidation sites excluding steroid dienone is 9. The summed E-state index contributed by atoms with van der Waals surface area (Å²) >= 11 is 0. The van der Waals surface area contributed by atoms with E-state index in [1.807, 2.05) is 36.5 Å². The van der Waals surface area contributed by atoms with Crippen LogP contribution < -0.4 is 0 Å². The predicted octanol–water partition coefficient (Wildman–Crippen LogP) is 10.2. The standard InChI is InChI=1S/C35H58O3/c1-3-4-23-29-34(37)31-26-21-22-27-32-35(38)30-25-20-18-16-14-12-10-8-6-5-7-9-11-13-15-17-19-24-28-33(2)36/h4,14,16,20-23,25-27,31-32,34-38H,2-3,5-13,15,17-19,24,28-30H2,1H3/b16-14-,22-21+,23-4-,25-20-,31-26-,32-27+/t34-,35+/m0/s1. The molecule has 0 saturated heterocycles. The molecule has 0 aliphatic carbocycles. The lowest BCUT2D eigenvalue weighted by Crippen LogP contribution is -1.98. The van der Waals surface area contributed by atoms with Gasteiger partial charge in [0.25, 0.3) is 0 Å². The molecule has 0 radical (unpaired) electrons. The van der Waals surface area contributed by atoms with E-state index in [0.29, 0.717) is 18.6 Å². The van der Waals surface area contributed by atoms with Gasteiger partial charge in [-0.1, -0.05) is 151 Å². The Morgan fingerprint density at radius 3 is 1.53 bits per heavy atom. The van der Waals surface area contributed by atoms with Crippen LogP contribution in [0.25, 0.3) is 0 Å². The zero-order valence-electron chi connectivity index (χ0n) is 24.4. The second-order valence-corrected chi connectivity index (χ2v) is 10.2. The Morgan fingerprint density at radius 2 is 1.03 bits per heavy atom. The summed E-state index contributed by atoms with van der Waals surface area (Å²) in [4.78, 5) is 0. The van der Waals surface area contributed by atoms with Crippen LogP contribution in [0.5, 0.6) is 0 Å². The summed E-state index contributed by atoms with van der Waals surface area (Å²) in [7, 11) is 0. The van der Waals surface area contributed by atoms with Crippen molar-refractivity contribution in [3.63, 3.8) is 0 Å². The molecule has 0 spiro atoms. The first kappa shape index (κ1) is 35.9. The minimum atomic E-state index is -0.475. The Morgan fingerprint density at radius 1 is 0.579 bits per heavy atom. The lowest BCUT2D eigenvalue weighted by atomic mass is 10.0. The highest BCUT2D eigenvalue weighted by Crippen LogP contribution is 2.13. The number of unbranched alkanes of at least 4 members (excludes halogenated alkanes) is 12. The van der Waals surface area contributed by atoms with Crippen molar-refractivity contribution < 1.29 is 15.3 Å². The predicted molar refractivity (Wildman–Crippen MR) is 167 cm³/mol. The van der Waals surface area contributed by atoms with Crippen molar-refractivity contribution in [1.29, 1.82) is 0 Å². The van der Waals surface area contributed by atoms with Gasteiger partial charge in [0, 0.05) is 6.42 Å². The maximum atomic E-state index is 10.0. The van der Waals surface area contributed by atoms with Gasteiger partial charge in [0.05, 0.1) is 18.0 Å². The van der Waals surface area contributed by atoms with Crippen molar-refractivity contribution in [3.8, 4) is 0 Å². The summed E-state index contributed by atoms with van der Waals surface area (Å²) in [6, 6.07) is 0. The molecule has 0 heterocycles. The molecule has 38 heavy (non-hydrogen) atoms. The van der Waals surface area contributed by atoms with Crippen molar-refractivity contribution in [2.24, 2.45) is 0 Å². The van der Waals surface area contributed by atoms with Crippen LogP contribution in [0.3, 0.4) is 0 Å². The molecule has 0 aliphatic rings. The molecule has 216 valence electrons. The lowest BCUT2D eigenvalue weighted by Gasteiger charge is -2.03. The van der Waals surface area contributed by atoms with E-state index < -0.39 is 12.2 Å². The maximum Gasteiger partial charge on any atom is 0.0851 e. The van der Waals surface area contributed by atoms with Gasteiger partial charge in [-0.3, -0.25) is 0 Å². The number of rotatable bonds is 26. The van der Waals surface area contributed by atoms with E-state index >= 15 is 0 Å². The Bertz CT molecular complexity index is 696. The fourth-order valence-corrected chi connectivity index (χ4v) is 4.06. The zero-order valence-corrected chi connectivity index (χ0v) is 24.4. The van der Waals surface area contributed by atoms with Gasteiger partial charge in [-0.2, -0.15) is 0 Å². The Balaban J connectivity index is 3.53. The molecule has 0 aliphatic heterocycles. The van der Waals surface area contributed by atoms with Gasteiger partial charge in [0.15, 0.2) is 0 Å². The molecule has 0 fully saturated rings. The second kappa shape index (κ2) is 29.5. The average molecular weight is 527 g/mol. The van der Waals surface area contributed by atoms with Gasteiger partial charge in [-0.15, -0.1) is 0 Å². The van der Waals surface area contributed by atoms with Crippen LogP contribution in [0.4, 0.5) is 0 Å². The molecule has 3 N–H and O–H groups in total. The van der Waals surface area contributed by atoms with Crippen molar-refractivity contribution in [2.45, 2.75) is 135 Å². The molecular formula is C35H58O3. The maximum absolute atomic E-state index is 10.0. The lowest BCUT2D eigenvalue weighted by molar-refractivity contribution is 0.226. The normalized spacial score (nSPS) is 14.4. The largest absolute Gasteiger partial charge is 0.513 e. The monoisotopic (exact) mass is 526 g/mol. The summed E-state index contributed by atoms with van der Waals surface area (Å²) in [6.45, 7) is 5.61. The summed E-state index contributed by atoms with van der Waals surface area (Å²) in [6.07, 6.45) is 43.6. The van der Waals surface area contributed by atoms with Crippen LogP contribution in [-0.2, 0) is 0 Å². The number of hydrogen-bond acceptors (Lipinski definition) is 3. The first-order valence-corrected chi connectivity index (χ1v) is 15.3. The first-order valence-electron chi connectivity index (χ1n) is 15.3. The third-order valence-electron chi connectivity index (χ3n) is 6.35. The Labute approximate surface area is 235 Å². The van der Waals surface area contributed by atoms with Crippen molar-refractivity contribution in [2.75, 3.05) is 0 Å². The van der Waals surface area contributed by atoms with Crippen molar-refractivity contribution in [1.82, 2.24) is 0 Å². The van der Waals surface area contributed by atoms with Gasteiger partial charge >= 0.3 is 0 Å². The Kier molecular flexibility index (Phi) is 27.8. The number of hydrogen-bond donors (Lipinski definition) is 3. The van der Waals surface area contributed by atoms with Crippen LogP contribution in [-0.4, -0.2) is 27.5 Å². The van der Waals surface area contributed by atoms with Crippen molar-refractivity contribution >= 4 is 0 Å². The second-order valence-electron chi connectivity index (χ2n) is 10.2. The third-order valence-corrected chi connectivity index (χ3v) is 6.35. The summed E-state index contributed by atoms with van der Waals surface area (Å²) in [5.74, 6) is 0.328. The van der Waals surface area contributed by atoms with E-state index in [-0.39, 0.29) is 0 Å². The number of aliphatic hydroxyl groups is 3. The molecule has 2 atom stereocenters. The van der Waals surface area contributed by atoms with Crippen LogP contribution in [0.15, 0.2) is 85.3 Å². The molecule has 0 rings (SSSR count). The van der Waals surface area contributed by atoms with Crippen molar-refractivity contribution in [3.05, 3.63) is 85.3 Å². The Hall–Kier alpha value is -2.10. The van der Waals surface area contributed by atoms with Gasteiger partial charge in [-0.05, 0) is 44.9 Å². The molecule has 0 aromatic carbocycles. The topological polar surface area (TPSA) is 60.7 Å². The highest BCUT2D eigenvalue weighted by molar-refractivity contribution is 5.13. The summed E-state index contributed by atoms with van der Waals surface area (Å²) in [5.41, 5.74) is 0. The molecule has 0 bridgehead atoms. The summed E-state index contributed by atoms with van der Waals surface area (Å²) in [5, 5.41) is 28.8. The van der Waals surface area contributed by atoms with E-state index in [4.69, 9.17) is 5.11 Å². The van der Waals surface area contributed by atoms with E-state index in [1.54, 1.807) is 12.2 Å². The fourth-order valence-electron chi connectivity index (χ4n) is 4.06. The molecule has 0 aromatic heterocycles. The highest BCUT2D eigenvalue weighted by Gasteiger charge is 1.96. The van der Waals surface area contributed by atoms with Gasteiger partial charge in [-0.25, -0.2) is 0 Å².